The summed E-state index contributed by atoms with van der Waals surface area (Å²) in [6, 6.07) is 3.36. The molecule has 0 aliphatic rings. The molecule has 20 heavy (non-hydrogen) atoms. The Kier molecular flexibility index (Phi) is 7.13. The van der Waals surface area contributed by atoms with Crippen LogP contribution in [0.1, 0.15) is 25.8 Å². The molecule has 0 saturated carbocycles. The minimum absolute atomic E-state index is 0.376. The summed E-state index contributed by atoms with van der Waals surface area (Å²) in [4.78, 5) is 11.4. The van der Waals surface area contributed by atoms with Crippen LogP contribution in [0, 0.1) is 0 Å². The van der Waals surface area contributed by atoms with Crippen LogP contribution in [-0.4, -0.2) is 25.7 Å². The smallest absolute Gasteiger partial charge is 0.346 e. The molecular weight excluding hydrogens is 301 g/mol. The van der Waals surface area contributed by atoms with E-state index in [4.69, 9.17) is 27.9 Å². The molecule has 1 N–H and O–H groups in total. The monoisotopic (exact) mass is 319 g/mol. The van der Waals surface area contributed by atoms with Gasteiger partial charge in [0.05, 0.1) is 12.1 Å². The average molecular weight is 320 g/mol. The largest absolute Gasteiger partial charge is 0.477 e. The van der Waals surface area contributed by atoms with E-state index in [9.17, 15) is 4.79 Å². The summed E-state index contributed by atoms with van der Waals surface area (Å²) in [6.45, 7) is 5.13. The highest BCUT2D eigenvalue weighted by Crippen LogP contribution is 2.33. The quantitative estimate of drug-likeness (QED) is 0.618. The van der Waals surface area contributed by atoms with Crippen LogP contribution in [0.5, 0.6) is 5.75 Å². The van der Waals surface area contributed by atoms with Gasteiger partial charge in [-0.25, -0.2) is 4.79 Å². The van der Waals surface area contributed by atoms with E-state index in [-0.39, 0.29) is 0 Å². The van der Waals surface area contributed by atoms with Crippen LogP contribution in [0.15, 0.2) is 12.1 Å². The molecular formula is C14H19Cl2NO3. The second-order valence-electron chi connectivity index (χ2n) is 4.34. The van der Waals surface area contributed by atoms with Crippen molar-refractivity contribution in [3.8, 4) is 5.75 Å². The summed E-state index contributed by atoms with van der Waals surface area (Å²) in [5.74, 6) is 0.000976. The van der Waals surface area contributed by atoms with Gasteiger partial charge in [0, 0.05) is 17.1 Å². The zero-order valence-electron chi connectivity index (χ0n) is 11.8. The first-order valence-electron chi connectivity index (χ1n) is 6.42. The zero-order valence-corrected chi connectivity index (χ0v) is 13.3. The molecule has 1 aromatic rings. The number of hydrogen-bond acceptors (Lipinski definition) is 4. The van der Waals surface area contributed by atoms with Gasteiger partial charge in [0.25, 0.3) is 0 Å². The Labute approximate surface area is 129 Å². The van der Waals surface area contributed by atoms with E-state index in [0.717, 1.165) is 18.5 Å². The molecule has 1 aromatic carbocycles. The Morgan fingerprint density at radius 1 is 1.40 bits per heavy atom. The van der Waals surface area contributed by atoms with Crippen molar-refractivity contribution in [3.63, 3.8) is 0 Å². The van der Waals surface area contributed by atoms with Crippen molar-refractivity contribution in [2.75, 3.05) is 13.7 Å². The molecule has 1 unspecified atom stereocenters. The van der Waals surface area contributed by atoms with E-state index >= 15 is 0 Å². The van der Waals surface area contributed by atoms with Gasteiger partial charge in [-0.1, -0.05) is 30.1 Å². The predicted octanol–water partition coefficient (Wildman–Crippen LogP) is 3.43. The molecule has 1 rings (SSSR count). The van der Waals surface area contributed by atoms with Gasteiger partial charge < -0.3 is 14.8 Å². The number of methoxy groups -OCH3 is 1. The minimum atomic E-state index is -0.733. The Morgan fingerprint density at radius 2 is 2.10 bits per heavy atom. The SMILES string of the molecule is CCCNCc1cc(Cl)cc(Cl)c1OC(C)C(=O)OC. The second-order valence-corrected chi connectivity index (χ2v) is 5.18. The van der Waals surface area contributed by atoms with Crippen LogP contribution in [0.2, 0.25) is 10.0 Å². The number of hydrogen-bond donors (Lipinski definition) is 1. The summed E-state index contributed by atoms with van der Waals surface area (Å²) in [5, 5.41) is 4.15. The first-order chi connectivity index (χ1) is 9.49. The molecule has 0 bridgehead atoms. The van der Waals surface area contributed by atoms with Gasteiger partial charge in [-0.05, 0) is 32.0 Å². The fraction of sp³-hybridized carbons (Fsp3) is 0.500. The number of nitrogens with one attached hydrogen (secondary N) is 1. The standard InChI is InChI=1S/C14H19Cl2NO3/c1-4-5-17-8-10-6-11(15)7-12(16)13(10)20-9(2)14(18)19-3/h6-7,9,17H,4-5,8H2,1-3H3. The first kappa shape index (κ1) is 17.1. The highest BCUT2D eigenvalue weighted by molar-refractivity contribution is 6.35. The summed E-state index contributed by atoms with van der Waals surface area (Å²) >= 11 is 12.2. The lowest BCUT2D eigenvalue weighted by atomic mass is 10.2. The van der Waals surface area contributed by atoms with Crippen LogP contribution in [0.3, 0.4) is 0 Å². The lowest BCUT2D eigenvalue weighted by molar-refractivity contribution is -0.147. The van der Waals surface area contributed by atoms with Crippen molar-refractivity contribution in [1.82, 2.24) is 5.32 Å². The van der Waals surface area contributed by atoms with Crippen molar-refractivity contribution in [1.29, 1.82) is 0 Å². The van der Waals surface area contributed by atoms with Gasteiger partial charge >= 0.3 is 5.97 Å². The highest BCUT2D eigenvalue weighted by Gasteiger charge is 2.19. The van der Waals surface area contributed by atoms with E-state index in [0.29, 0.717) is 22.3 Å². The van der Waals surface area contributed by atoms with Crippen molar-refractivity contribution < 1.29 is 14.3 Å². The van der Waals surface area contributed by atoms with Crippen molar-refractivity contribution in [2.24, 2.45) is 0 Å². The number of ether oxygens (including phenoxy) is 2. The fourth-order valence-electron chi connectivity index (χ4n) is 1.67. The van der Waals surface area contributed by atoms with Gasteiger partial charge in [-0.3, -0.25) is 0 Å². The number of rotatable bonds is 7. The number of carbonyl (C=O) groups excluding carboxylic acids is 1. The Morgan fingerprint density at radius 3 is 2.70 bits per heavy atom. The highest BCUT2D eigenvalue weighted by atomic mass is 35.5. The summed E-state index contributed by atoms with van der Waals surface area (Å²) in [6.07, 6.45) is 0.284. The molecule has 0 amide bonds. The molecule has 0 aromatic heterocycles. The number of halogens is 2. The Hall–Kier alpha value is -0.970. The molecule has 112 valence electrons. The number of carbonyl (C=O) groups is 1. The second kappa shape index (κ2) is 8.35. The molecule has 1 atom stereocenters. The van der Waals surface area contributed by atoms with E-state index in [1.807, 2.05) is 0 Å². The van der Waals surface area contributed by atoms with Gasteiger partial charge in [0.2, 0.25) is 0 Å². The van der Waals surface area contributed by atoms with Crippen LogP contribution in [0.25, 0.3) is 0 Å². The predicted molar refractivity (Wildman–Crippen MR) is 80.6 cm³/mol. The topological polar surface area (TPSA) is 47.6 Å². The van der Waals surface area contributed by atoms with Crippen LogP contribution < -0.4 is 10.1 Å². The molecule has 0 heterocycles. The van der Waals surface area contributed by atoms with E-state index in [1.165, 1.54) is 7.11 Å². The summed E-state index contributed by atoms with van der Waals surface area (Å²) in [7, 11) is 1.31. The van der Waals surface area contributed by atoms with Crippen LogP contribution in [-0.2, 0) is 16.1 Å². The number of benzene rings is 1. The van der Waals surface area contributed by atoms with Crippen molar-refractivity contribution in [2.45, 2.75) is 32.9 Å². The van der Waals surface area contributed by atoms with Crippen LogP contribution >= 0.6 is 23.2 Å². The lowest BCUT2D eigenvalue weighted by Gasteiger charge is -2.17. The Bertz CT molecular complexity index is 466. The van der Waals surface area contributed by atoms with E-state index in [1.54, 1.807) is 19.1 Å². The third-order valence-electron chi connectivity index (χ3n) is 2.66. The molecule has 0 spiro atoms. The zero-order chi connectivity index (χ0) is 15.1. The van der Waals surface area contributed by atoms with E-state index in [2.05, 4.69) is 17.0 Å². The third kappa shape index (κ3) is 4.85. The summed E-state index contributed by atoms with van der Waals surface area (Å²) in [5.41, 5.74) is 0.812. The molecule has 6 heteroatoms. The molecule has 0 radical (unpaired) electrons. The van der Waals surface area contributed by atoms with Gasteiger partial charge in [-0.15, -0.1) is 0 Å². The average Bonchev–Trinajstić information content (AvgIpc) is 2.41. The maximum absolute atomic E-state index is 11.4. The minimum Gasteiger partial charge on any atom is -0.477 e. The first-order valence-corrected chi connectivity index (χ1v) is 7.18. The van der Waals surface area contributed by atoms with Gasteiger partial charge in [-0.2, -0.15) is 0 Å². The maximum atomic E-state index is 11.4. The van der Waals surface area contributed by atoms with E-state index < -0.39 is 12.1 Å². The molecule has 0 saturated heterocycles. The summed E-state index contributed by atoms with van der Waals surface area (Å²) < 4.78 is 10.2. The molecule has 0 fully saturated rings. The lowest BCUT2D eigenvalue weighted by Crippen LogP contribution is -2.26. The Balaban J connectivity index is 2.94. The normalized spacial score (nSPS) is 12.1. The van der Waals surface area contributed by atoms with Crippen molar-refractivity contribution >= 4 is 29.2 Å². The van der Waals surface area contributed by atoms with Gasteiger partial charge in [0.15, 0.2) is 6.10 Å². The molecule has 0 aliphatic heterocycles. The van der Waals surface area contributed by atoms with Crippen molar-refractivity contribution in [3.05, 3.63) is 27.7 Å². The molecule has 0 aliphatic carbocycles. The molecule has 4 nitrogen and oxygen atoms in total. The maximum Gasteiger partial charge on any atom is 0.346 e. The van der Waals surface area contributed by atoms with Gasteiger partial charge in [0.1, 0.15) is 5.75 Å². The fourth-order valence-corrected chi connectivity index (χ4v) is 2.25. The van der Waals surface area contributed by atoms with Crippen LogP contribution in [0.4, 0.5) is 0 Å². The third-order valence-corrected chi connectivity index (χ3v) is 3.15. The number of esters is 1.